The topological polar surface area (TPSA) is 3.24 Å². The Labute approximate surface area is 338 Å². The third-order valence-corrected chi connectivity index (χ3v) is 12.7. The first-order valence-corrected chi connectivity index (χ1v) is 20.2. The molecule has 0 N–H and O–H groups in total. The van der Waals surface area contributed by atoms with Crippen molar-refractivity contribution in [1.82, 2.24) is 0 Å². The molecule has 0 unspecified atom stereocenters. The van der Waals surface area contributed by atoms with Crippen molar-refractivity contribution in [2.75, 3.05) is 4.90 Å². The first kappa shape index (κ1) is 32.7. The minimum atomic E-state index is -0.457. The van der Waals surface area contributed by atoms with Crippen LogP contribution in [-0.2, 0) is 5.41 Å². The zero-order valence-corrected chi connectivity index (χ0v) is 31.8. The van der Waals surface area contributed by atoms with Gasteiger partial charge in [-0.3, -0.25) is 0 Å². The Kier molecular flexibility index (Phi) is 7.21. The average Bonchev–Trinajstić information content (AvgIpc) is 3.76. The van der Waals surface area contributed by atoms with Crippen LogP contribution in [0, 0.1) is 0 Å². The van der Waals surface area contributed by atoms with Crippen molar-refractivity contribution in [1.29, 1.82) is 0 Å². The second kappa shape index (κ2) is 12.8. The van der Waals surface area contributed by atoms with Crippen molar-refractivity contribution in [3.05, 3.63) is 247 Å². The van der Waals surface area contributed by atoms with Gasteiger partial charge in [-0.05, 0) is 101 Å². The molecule has 0 aromatic heterocycles. The van der Waals surface area contributed by atoms with Gasteiger partial charge in [0.05, 0.1) is 16.8 Å². The minimum Gasteiger partial charge on any atom is -0.309 e. The van der Waals surface area contributed by atoms with Crippen LogP contribution in [-0.4, -0.2) is 0 Å². The Bertz CT molecular complexity index is 3180. The number of anilines is 3. The van der Waals surface area contributed by atoms with Gasteiger partial charge >= 0.3 is 0 Å². The third kappa shape index (κ3) is 4.59. The fraction of sp³-hybridized carbons (Fsp3) is 0.0175. The number of para-hydroxylation sites is 1. The molecule has 0 saturated heterocycles. The Morgan fingerprint density at radius 2 is 0.793 bits per heavy atom. The number of hydrogen-bond acceptors (Lipinski definition) is 1. The molecule has 0 aliphatic heterocycles. The first-order valence-electron chi connectivity index (χ1n) is 20.2. The summed E-state index contributed by atoms with van der Waals surface area (Å²) in [6.45, 7) is 0. The van der Waals surface area contributed by atoms with E-state index in [0.717, 1.165) is 17.1 Å². The van der Waals surface area contributed by atoms with E-state index in [1.165, 1.54) is 88.3 Å². The van der Waals surface area contributed by atoms with Crippen LogP contribution in [0.5, 0.6) is 0 Å². The summed E-state index contributed by atoms with van der Waals surface area (Å²) in [4.78, 5) is 2.54. The van der Waals surface area contributed by atoms with E-state index < -0.39 is 5.41 Å². The normalized spacial score (nSPS) is 13.0. The number of hydrogen-bond donors (Lipinski definition) is 0. The summed E-state index contributed by atoms with van der Waals surface area (Å²) in [7, 11) is 0. The van der Waals surface area contributed by atoms with Crippen LogP contribution in [0.1, 0.15) is 22.3 Å². The van der Waals surface area contributed by atoms with E-state index in [4.69, 9.17) is 0 Å². The molecule has 0 saturated carbocycles. The van der Waals surface area contributed by atoms with Gasteiger partial charge < -0.3 is 4.90 Å². The van der Waals surface area contributed by atoms with Gasteiger partial charge in [0, 0.05) is 16.8 Å². The van der Waals surface area contributed by atoms with Crippen molar-refractivity contribution in [3.63, 3.8) is 0 Å². The minimum absolute atomic E-state index is 0.457. The summed E-state index contributed by atoms with van der Waals surface area (Å²) in [6.07, 6.45) is 0. The van der Waals surface area contributed by atoms with Crippen LogP contribution in [0.3, 0.4) is 0 Å². The van der Waals surface area contributed by atoms with Crippen molar-refractivity contribution in [2.24, 2.45) is 0 Å². The molecule has 10 aromatic carbocycles. The van der Waals surface area contributed by atoms with Gasteiger partial charge in [-0.25, -0.2) is 0 Å². The first-order chi connectivity index (χ1) is 28.8. The van der Waals surface area contributed by atoms with E-state index in [1.807, 2.05) is 0 Å². The number of fused-ring (bicyclic) bond motifs is 12. The maximum absolute atomic E-state index is 2.54. The zero-order chi connectivity index (χ0) is 38.2. The average molecular weight is 736 g/mol. The maximum Gasteiger partial charge on any atom is 0.0726 e. The highest BCUT2D eigenvalue weighted by Crippen LogP contribution is 2.63. The molecule has 0 radical (unpaired) electrons. The van der Waals surface area contributed by atoms with Crippen LogP contribution in [0.2, 0.25) is 0 Å². The van der Waals surface area contributed by atoms with Crippen LogP contribution in [0.4, 0.5) is 17.1 Å². The smallest absolute Gasteiger partial charge is 0.0726 e. The third-order valence-electron chi connectivity index (χ3n) is 12.7. The van der Waals surface area contributed by atoms with Crippen LogP contribution < -0.4 is 4.90 Å². The second-order valence-electron chi connectivity index (χ2n) is 15.5. The molecule has 10 aromatic rings. The molecule has 0 heterocycles. The second-order valence-corrected chi connectivity index (χ2v) is 15.5. The molecule has 0 fully saturated rings. The molecule has 58 heavy (non-hydrogen) atoms. The summed E-state index contributed by atoms with van der Waals surface area (Å²) < 4.78 is 0. The lowest BCUT2D eigenvalue weighted by molar-refractivity contribution is 0.793. The molecular formula is C57H37N. The standard InChI is InChI=1S/C57H37N/c1-2-17-39(18-3-1)43-23-11-15-32-54(43)58(55-36-33-40-20-5-7-24-44(40)56(55)49-28-16-21-38-19-4-6-22-42(38)49)41-34-35-48-47-27-10-14-31-52(47)57(53(48)37-41)50-29-12-8-25-45(50)46-26-9-13-30-51(46)57/h1-37H. The lowest BCUT2D eigenvalue weighted by Gasteiger charge is -2.33. The van der Waals surface area contributed by atoms with Gasteiger partial charge in [0.2, 0.25) is 0 Å². The highest BCUT2D eigenvalue weighted by molar-refractivity contribution is 6.12. The van der Waals surface area contributed by atoms with Crippen LogP contribution in [0.25, 0.3) is 66.1 Å². The maximum atomic E-state index is 2.54. The fourth-order valence-electron chi connectivity index (χ4n) is 10.3. The zero-order valence-electron chi connectivity index (χ0n) is 31.8. The summed E-state index contributed by atoms with van der Waals surface area (Å²) >= 11 is 0. The van der Waals surface area contributed by atoms with Crippen molar-refractivity contribution in [3.8, 4) is 44.5 Å². The molecule has 1 spiro atoms. The van der Waals surface area contributed by atoms with E-state index in [2.05, 4.69) is 229 Å². The largest absolute Gasteiger partial charge is 0.309 e. The number of nitrogens with zero attached hydrogens (tertiary/aromatic N) is 1. The van der Waals surface area contributed by atoms with Gasteiger partial charge in [-0.15, -0.1) is 0 Å². The van der Waals surface area contributed by atoms with E-state index in [1.54, 1.807) is 0 Å². The van der Waals surface area contributed by atoms with E-state index in [9.17, 15) is 0 Å². The predicted molar refractivity (Wildman–Crippen MR) is 243 cm³/mol. The number of benzene rings is 10. The van der Waals surface area contributed by atoms with Gasteiger partial charge in [0.15, 0.2) is 0 Å². The molecule has 2 aliphatic carbocycles. The monoisotopic (exact) mass is 735 g/mol. The SMILES string of the molecule is c1ccc(-c2ccccc2N(c2ccc3c(c2)C2(c4ccccc4-c4ccccc42)c2ccccc2-3)c2ccc3ccccc3c2-c2cccc3ccccc23)cc1. The molecule has 270 valence electrons. The van der Waals surface area contributed by atoms with Gasteiger partial charge in [-0.2, -0.15) is 0 Å². The molecule has 1 nitrogen and oxygen atoms in total. The van der Waals surface area contributed by atoms with Gasteiger partial charge in [0.1, 0.15) is 0 Å². The fourth-order valence-corrected chi connectivity index (χ4v) is 10.3. The summed E-state index contributed by atoms with van der Waals surface area (Å²) in [5.41, 5.74) is 18.3. The van der Waals surface area contributed by atoms with Gasteiger partial charge in [-0.1, -0.05) is 200 Å². The Hall–Kier alpha value is -7.48. The van der Waals surface area contributed by atoms with Crippen molar-refractivity contribution >= 4 is 38.6 Å². The summed E-state index contributed by atoms with van der Waals surface area (Å²) in [5.74, 6) is 0. The van der Waals surface area contributed by atoms with E-state index in [0.29, 0.717) is 0 Å². The van der Waals surface area contributed by atoms with Crippen LogP contribution >= 0.6 is 0 Å². The van der Waals surface area contributed by atoms with Crippen molar-refractivity contribution < 1.29 is 0 Å². The Morgan fingerprint density at radius 1 is 0.293 bits per heavy atom. The Balaban J connectivity index is 1.20. The van der Waals surface area contributed by atoms with Crippen LogP contribution in [0.15, 0.2) is 224 Å². The van der Waals surface area contributed by atoms with Crippen molar-refractivity contribution in [2.45, 2.75) is 5.41 Å². The van der Waals surface area contributed by atoms with E-state index >= 15 is 0 Å². The lowest BCUT2D eigenvalue weighted by atomic mass is 9.70. The predicted octanol–water partition coefficient (Wildman–Crippen LogP) is 15.1. The summed E-state index contributed by atoms with van der Waals surface area (Å²) in [6, 6.07) is 83.2. The molecule has 12 rings (SSSR count). The molecule has 0 bridgehead atoms. The molecule has 0 atom stereocenters. The van der Waals surface area contributed by atoms with Gasteiger partial charge in [0.25, 0.3) is 0 Å². The lowest BCUT2D eigenvalue weighted by Crippen LogP contribution is -2.26. The highest BCUT2D eigenvalue weighted by Gasteiger charge is 2.51. The highest BCUT2D eigenvalue weighted by atomic mass is 15.1. The van der Waals surface area contributed by atoms with E-state index in [-0.39, 0.29) is 0 Å². The Morgan fingerprint density at radius 3 is 1.48 bits per heavy atom. The molecular weight excluding hydrogens is 699 g/mol. The molecule has 0 amide bonds. The molecule has 1 heteroatoms. The quantitative estimate of drug-likeness (QED) is 0.170. The summed E-state index contributed by atoms with van der Waals surface area (Å²) in [5, 5.41) is 4.91. The molecule has 2 aliphatic rings. The number of rotatable bonds is 5.